The van der Waals surface area contributed by atoms with Crippen LogP contribution < -0.4 is 9.47 Å². The number of fused-ring (bicyclic) bond motifs is 3. The number of nitro groups is 1. The molecule has 0 aliphatic carbocycles. The number of nitrogens with zero attached hydrogens (tertiary/aromatic N) is 3. The number of benzene rings is 3. The van der Waals surface area contributed by atoms with Crippen molar-refractivity contribution < 1.29 is 14.4 Å². The zero-order chi connectivity index (χ0) is 22.2. The highest BCUT2D eigenvalue weighted by molar-refractivity contribution is 9.10. The fraction of sp³-hybridized carbons (Fsp3) is 0.208. The van der Waals surface area contributed by atoms with E-state index in [0.29, 0.717) is 18.6 Å². The third kappa shape index (κ3) is 3.71. The number of hydrogen-bond donors (Lipinski definition) is 0. The summed E-state index contributed by atoms with van der Waals surface area (Å²) in [5, 5.41) is 18.2. The van der Waals surface area contributed by atoms with E-state index >= 15 is 0 Å². The molecule has 2 aliphatic rings. The van der Waals surface area contributed by atoms with E-state index < -0.39 is 11.2 Å². The van der Waals surface area contributed by atoms with E-state index in [4.69, 9.17) is 14.6 Å². The summed E-state index contributed by atoms with van der Waals surface area (Å²) in [7, 11) is 0. The van der Waals surface area contributed by atoms with Crippen molar-refractivity contribution in [1.29, 1.82) is 0 Å². The summed E-state index contributed by atoms with van der Waals surface area (Å²) >= 11 is 3.56. The van der Waals surface area contributed by atoms with Crippen LogP contribution in [0.15, 0.2) is 76.3 Å². The lowest BCUT2D eigenvalue weighted by Crippen LogP contribution is -2.33. The third-order valence-electron chi connectivity index (χ3n) is 5.62. The summed E-state index contributed by atoms with van der Waals surface area (Å²) in [6.07, 6.45) is 0.139. The summed E-state index contributed by atoms with van der Waals surface area (Å²) in [5.41, 5.74) is 3.70. The molecule has 2 atom stereocenters. The van der Waals surface area contributed by atoms with Gasteiger partial charge in [-0.05, 0) is 55.0 Å². The van der Waals surface area contributed by atoms with Gasteiger partial charge in [-0.25, -0.2) is 5.01 Å². The summed E-state index contributed by atoms with van der Waals surface area (Å²) < 4.78 is 12.8. The topological polar surface area (TPSA) is 77.2 Å². The minimum absolute atomic E-state index is 0.0270. The van der Waals surface area contributed by atoms with Crippen LogP contribution in [0.4, 0.5) is 5.69 Å². The average molecular weight is 494 g/mol. The Morgan fingerprint density at radius 1 is 1.19 bits per heavy atom. The Morgan fingerprint density at radius 3 is 2.75 bits per heavy atom. The smallest absolute Gasteiger partial charge is 0.269 e. The first-order valence-corrected chi connectivity index (χ1v) is 11.1. The molecule has 0 amide bonds. The van der Waals surface area contributed by atoms with Gasteiger partial charge in [0.1, 0.15) is 11.5 Å². The molecule has 5 rings (SSSR count). The van der Waals surface area contributed by atoms with Crippen molar-refractivity contribution in [2.45, 2.75) is 25.6 Å². The van der Waals surface area contributed by atoms with Crippen LogP contribution >= 0.6 is 15.9 Å². The lowest BCUT2D eigenvalue weighted by atomic mass is 9.96. The monoisotopic (exact) mass is 493 g/mol. The molecule has 0 spiro atoms. The van der Waals surface area contributed by atoms with Crippen molar-refractivity contribution in [2.75, 3.05) is 6.61 Å². The van der Waals surface area contributed by atoms with Gasteiger partial charge < -0.3 is 9.47 Å². The fourth-order valence-electron chi connectivity index (χ4n) is 4.15. The van der Waals surface area contributed by atoms with Crippen LogP contribution in [0.2, 0.25) is 0 Å². The van der Waals surface area contributed by atoms with Gasteiger partial charge in [0.15, 0.2) is 0 Å². The molecule has 0 N–H and O–H groups in total. The quantitative estimate of drug-likeness (QED) is 0.321. The Balaban J connectivity index is 1.56. The first-order chi connectivity index (χ1) is 15.5. The highest BCUT2D eigenvalue weighted by Crippen LogP contribution is 2.48. The Kier molecular flexibility index (Phi) is 5.30. The van der Waals surface area contributed by atoms with Crippen molar-refractivity contribution in [3.05, 3.63) is 98.0 Å². The Bertz CT molecular complexity index is 1210. The molecule has 7 nitrogen and oxygen atoms in total. The van der Waals surface area contributed by atoms with E-state index in [0.717, 1.165) is 32.8 Å². The minimum Gasteiger partial charge on any atom is -0.494 e. The van der Waals surface area contributed by atoms with Crippen LogP contribution in [-0.4, -0.2) is 22.3 Å². The number of rotatable bonds is 5. The summed E-state index contributed by atoms with van der Waals surface area (Å²) in [4.78, 5) is 10.9. The Hall–Kier alpha value is -3.39. The molecule has 162 valence electrons. The van der Waals surface area contributed by atoms with Gasteiger partial charge in [-0.15, -0.1) is 0 Å². The number of hydrazone groups is 1. The van der Waals surface area contributed by atoms with Crippen LogP contribution in [-0.2, 0) is 0 Å². The van der Waals surface area contributed by atoms with Crippen LogP contribution in [0.5, 0.6) is 11.5 Å². The van der Waals surface area contributed by atoms with E-state index in [-0.39, 0.29) is 11.7 Å². The Labute approximate surface area is 193 Å². The summed E-state index contributed by atoms with van der Waals surface area (Å²) in [6, 6.07) is 20.3. The standard InChI is InChI=1S/C24H20BrN3O4/c1-2-31-19-9-6-15(7-10-19)21-14-22-20-13-17(25)8-11-23(20)32-24(27(22)26-21)16-4-3-5-18(12-16)28(29)30/h3-13,22,24H,2,14H2,1H3/t22-,24-/m0/s1. The maximum absolute atomic E-state index is 11.3. The van der Waals surface area contributed by atoms with Gasteiger partial charge in [-0.1, -0.05) is 28.1 Å². The number of halogens is 1. The molecular formula is C24H20BrN3O4. The van der Waals surface area contributed by atoms with Crippen LogP contribution in [0.1, 0.15) is 42.3 Å². The molecule has 0 saturated carbocycles. The van der Waals surface area contributed by atoms with E-state index in [2.05, 4.69) is 15.9 Å². The summed E-state index contributed by atoms with van der Waals surface area (Å²) in [6.45, 7) is 2.57. The fourth-order valence-corrected chi connectivity index (χ4v) is 4.53. The first-order valence-electron chi connectivity index (χ1n) is 10.3. The molecule has 0 bridgehead atoms. The lowest BCUT2D eigenvalue weighted by molar-refractivity contribution is -0.385. The maximum Gasteiger partial charge on any atom is 0.269 e. The van der Waals surface area contributed by atoms with Crippen molar-refractivity contribution in [2.24, 2.45) is 5.10 Å². The van der Waals surface area contributed by atoms with Gasteiger partial charge in [0.2, 0.25) is 6.23 Å². The van der Waals surface area contributed by atoms with Gasteiger partial charge in [-0.2, -0.15) is 5.10 Å². The molecule has 0 radical (unpaired) electrons. The van der Waals surface area contributed by atoms with Crippen LogP contribution in [0, 0.1) is 10.1 Å². The average Bonchev–Trinajstić information content (AvgIpc) is 3.25. The number of ether oxygens (including phenoxy) is 2. The summed E-state index contributed by atoms with van der Waals surface area (Å²) in [5.74, 6) is 1.58. The second-order valence-corrected chi connectivity index (χ2v) is 8.52. The predicted molar refractivity (Wildman–Crippen MR) is 124 cm³/mol. The number of non-ortho nitro benzene ring substituents is 1. The van der Waals surface area contributed by atoms with Gasteiger partial charge >= 0.3 is 0 Å². The van der Waals surface area contributed by atoms with E-state index in [1.807, 2.05) is 60.5 Å². The molecule has 8 heteroatoms. The molecule has 0 fully saturated rings. The minimum atomic E-state index is -0.561. The molecule has 2 heterocycles. The first kappa shape index (κ1) is 20.5. The van der Waals surface area contributed by atoms with Crippen LogP contribution in [0.25, 0.3) is 0 Å². The van der Waals surface area contributed by atoms with E-state index in [1.54, 1.807) is 12.1 Å². The van der Waals surface area contributed by atoms with Gasteiger partial charge in [0.05, 0.1) is 23.3 Å². The predicted octanol–water partition coefficient (Wildman–Crippen LogP) is 6.00. The highest BCUT2D eigenvalue weighted by Gasteiger charge is 2.41. The molecule has 0 aromatic heterocycles. The van der Waals surface area contributed by atoms with E-state index in [1.165, 1.54) is 6.07 Å². The van der Waals surface area contributed by atoms with Gasteiger partial charge in [0, 0.05) is 34.2 Å². The second-order valence-electron chi connectivity index (χ2n) is 7.61. The van der Waals surface area contributed by atoms with Crippen LogP contribution in [0.3, 0.4) is 0 Å². The molecule has 3 aromatic carbocycles. The zero-order valence-electron chi connectivity index (χ0n) is 17.3. The number of hydrogen-bond acceptors (Lipinski definition) is 6. The lowest BCUT2D eigenvalue weighted by Gasteiger charge is -2.38. The maximum atomic E-state index is 11.3. The van der Waals surface area contributed by atoms with Gasteiger partial charge in [-0.3, -0.25) is 10.1 Å². The normalized spacial score (nSPS) is 18.9. The van der Waals surface area contributed by atoms with Crippen molar-refractivity contribution >= 4 is 27.3 Å². The molecule has 32 heavy (non-hydrogen) atoms. The van der Waals surface area contributed by atoms with Crippen molar-refractivity contribution in [1.82, 2.24) is 5.01 Å². The van der Waals surface area contributed by atoms with Crippen molar-refractivity contribution in [3.8, 4) is 11.5 Å². The highest BCUT2D eigenvalue weighted by atomic mass is 79.9. The SMILES string of the molecule is CCOc1ccc(C2=NN3[C@@H](C2)c2cc(Br)ccc2O[C@H]3c2cccc([N+](=O)[O-])c2)cc1. The second kappa shape index (κ2) is 8.27. The molecule has 2 aliphatic heterocycles. The molecule has 0 unspecified atom stereocenters. The van der Waals surface area contributed by atoms with Crippen molar-refractivity contribution in [3.63, 3.8) is 0 Å². The number of nitro benzene ring substituents is 1. The van der Waals surface area contributed by atoms with E-state index in [9.17, 15) is 10.1 Å². The molecular weight excluding hydrogens is 474 g/mol. The molecule has 0 saturated heterocycles. The molecule has 3 aromatic rings. The zero-order valence-corrected chi connectivity index (χ0v) is 18.9. The largest absolute Gasteiger partial charge is 0.494 e. The van der Waals surface area contributed by atoms with Gasteiger partial charge in [0.25, 0.3) is 5.69 Å². The Morgan fingerprint density at radius 2 is 2.00 bits per heavy atom. The third-order valence-corrected chi connectivity index (χ3v) is 6.11.